The van der Waals surface area contributed by atoms with Gasteiger partial charge in [0.2, 0.25) is 5.95 Å². The van der Waals surface area contributed by atoms with E-state index in [9.17, 15) is 18.4 Å². The van der Waals surface area contributed by atoms with Crippen molar-refractivity contribution in [3.05, 3.63) is 42.2 Å². The Bertz CT molecular complexity index is 751. The molecule has 0 aromatic carbocycles. The van der Waals surface area contributed by atoms with Gasteiger partial charge in [-0.3, -0.25) is 10.2 Å². The van der Waals surface area contributed by atoms with Crippen molar-refractivity contribution in [2.24, 2.45) is 4.99 Å². The van der Waals surface area contributed by atoms with Gasteiger partial charge in [-0.2, -0.15) is 18.2 Å². The molecule has 0 fully saturated rings. The molecule has 0 bridgehead atoms. The molecule has 8 nitrogen and oxygen atoms in total. The predicted octanol–water partition coefficient (Wildman–Crippen LogP) is 1.67. The summed E-state index contributed by atoms with van der Waals surface area (Å²) in [5.74, 6) is 0.578. The van der Waals surface area contributed by atoms with Gasteiger partial charge in [-0.05, 0) is 12.1 Å². The Morgan fingerprint density at radius 2 is 2.04 bits per heavy atom. The van der Waals surface area contributed by atoms with Gasteiger partial charge >= 0.3 is 6.18 Å². The number of pyridine rings is 1. The molecule has 23 heavy (non-hydrogen) atoms. The summed E-state index contributed by atoms with van der Waals surface area (Å²) in [6.45, 7) is 0.208. The van der Waals surface area contributed by atoms with E-state index in [1.807, 2.05) is 0 Å². The molecule has 3 heterocycles. The number of nitrogens with one attached hydrogen (secondary N) is 1. The molecule has 0 saturated heterocycles. The first-order chi connectivity index (χ1) is 10.9. The summed E-state index contributed by atoms with van der Waals surface area (Å²) in [6.07, 6.45) is 0.438. The lowest BCUT2D eigenvalue weighted by atomic mass is 10.3. The van der Waals surface area contributed by atoms with E-state index >= 15 is 0 Å². The predicted molar refractivity (Wildman–Crippen MR) is 72.8 cm³/mol. The number of alkyl halides is 3. The Balaban J connectivity index is 1.77. The summed E-state index contributed by atoms with van der Waals surface area (Å²) in [6, 6.07) is 2.09. The van der Waals surface area contributed by atoms with Crippen LogP contribution in [0, 0.1) is 0 Å². The minimum Gasteiger partial charge on any atom is -0.306 e. The number of aliphatic imine (C=N–C) groups is 1. The van der Waals surface area contributed by atoms with Crippen LogP contribution >= 0.6 is 0 Å². The molecule has 0 spiro atoms. The third-order valence-electron chi connectivity index (χ3n) is 2.88. The number of rotatable bonds is 3. The number of halogens is 3. The van der Waals surface area contributed by atoms with Crippen LogP contribution in [0.2, 0.25) is 0 Å². The van der Waals surface area contributed by atoms with Crippen LogP contribution in [-0.4, -0.2) is 42.8 Å². The molecule has 0 saturated carbocycles. The smallest absolute Gasteiger partial charge is 0.306 e. The van der Waals surface area contributed by atoms with Crippen molar-refractivity contribution in [3.63, 3.8) is 0 Å². The zero-order chi connectivity index (χ0) is 16.4. The van der Waals surface area contributed by atoms with Crippen molar-refractivity contribution in [2.75, 3.05) is 11.9 Å². The molecule has 1 aliphatic heterocycles. The number of aromatic nitrogens is 4. The molecule has 0 aliphatic carbocycles. The molecular weight excluding hydrogens is 315 g/mol. The first-order valence-corrected chi connectivity index (χ1v) is 6.34. The van der Waals surface area contributed by atoms with Crippen LogP contribution in [0.1, 0.15) is 5.56 Å². The lowest BCUT2D eigenvalue weighted by molar-refractivity contribution is -0.137. The lowest BCUT2D eigenvalue weighted by Crippen LogP contribution is -2.27. The van der Waals surface area contributed by atoms with Gasteiger partial charge in [0.05, 0.1) is 18.3 Å². The second-order valence-electron chi connectivity index (χ2n) is 4.47. The molecule has 2 N–H and O–H groups in total. The summed E-state index contributed by atoms with van der Waals surface area (Å²) in [4.78, 5) is 11.5. The molecular formula is C12H10F3N7O. The first-order valence-electron chi connectivity index (χ1n) is 6.34. The van der Waals surface area contributed by atoms with Gasteiger partial charge in [0.25, 0.3) is 0 Å². The van der Waals surface area contributed by atoms with Gasteiger partial charge in [-0.1, -0.05) is 0 Å². The van der Waals surface area contributed by atoms with Gasteiger partial charge in [-0.25, -0.2) is 14.7 Å². The number of anilines is 1. The second kappa shape index (κ2) is 5.68. The molecule has 11 heteroatoms. The molecule has 2 aromatic rings. The van der Waals surface area contributed by atoms with Gasteiger partial charge in [0.1, 0.15) is 6.33 Å². The normalized spacial score (nSPS) is 14.8. The van der Waals surface area contributed by atoms with Crippen molar-refractivity contribution in [1.29, 1.82) is 0 Å². The second-order valence-corrected chi connectivity index (χ2v) is 4.47. The zero-order valence-electron chi connectivity index (χ0n) is 11.4. The van der Waals surface area contributed by atoms with E-state index in [0.29, 0.717) is 0 Å². The molecule has 0 atom stereocenters. The number of nitrogens with zero attached hydrogens (tertiary/aromatic N) is 6. The summed E-state index contributed by atoms with van der Waals surface area (Å²) in [7, 11) is 0. The van der Waals surface area contributed by atoms with Gasteiger partial charge in [0, 0.05) is 12.4 Å². The summed E-state index contributed by atoms with van der Waals surface area (Å²) >= 11 is 0. The standard InChI is InChI=1S/C12H10F3N7O/c13-12(14,15)8-1-2-9(17-5-8)21-7-18-11(20-21)19-10-6-16-3-4-22(10)23/h1-3,5-7,23H,4H2,(H,19,20). The van der Waals surface area contributed by atoms with Crippen molar-refractivity contribution in [1.82, 2.24) is 24.8 Å². The van der Waals surface area contributed by atoms with Crippen LogP contribution in [0.25, 0.3) is 5.82 Å². The summed E-state index contributed by atoms with van der Waals surface area (Å²) in [5, 5.41) is 17.2. The maximum Gasteiger partial charge on any atom is 0.417 e. The van der Waals surface area contributed by atoms with Crippen LogP contribution in [0.4, 0.5) is 19.1 Å². The Morgan fingerprint density at radius 3 is 2.70 bits per heavy atom. The monoisotopic (exact) mass is 325 g/mol. The lowest BCUT2D eigenvalue weighted by Gasteiger charge is -2.19. The van der Waals surface area contributed by atoms with Crippen molar-refractivity contribution in [2.45, 2.75) is 6.18 Å². The number of hydroxylamine groups is 2. The van der Waals surface area contributed by atoms with Gasteiger partial charge in [-0.15, -0.1) is 5.10 Å². The highest BCUT2D eigenvalue weighted by Crippen LogP contribution is 2.28. The van der Waals surface area contributed by atoms with Crippen LogP contribution in [0.3, 0.4) is 0 Å². The molecule has 1 aliphatic rings. The fraction of sp³-hybridized carbons (Fsp3) is 0.167. The molecule has 3 rings (SSSR count). The highest BCUT2D eigenvalue weighted by molar-refractivity contribution is 5.62. The molecule has 0 unspecified atom stereocenters. The Hall–Kier alpha value is -2.95. The van der Waals surface area contributed by atoms with E-state index in [1.54, 1.807) is 0 Å². The maximum absolute atomic E-state index is 12.5. The van der Waals surface area contributed by atoms with Crippen molar-refractivity contribution < 1.29 is 18.4 Å². The fourth-order valence-corrected chi connectivity index (χ4v) is 1.74. The van der Waals surface area contributed by atoms with E-state index in [0.717, 1.165) is 17.3 Å². The van der Waals surface area contributed by atoms with E-state index in [1.165, 1.54) is 29.5 Å². The van der Waals surface area contributed by atoms with E-state index in [4.69, 9.17) is 0 Å². The molecule has 0 amide bonds. The number of hydrogen-bond donors (Lipinski definition) is 2. The van der Waals surface area contributed by atoms with Crippen LogP contribution in [0.15, 0.2) is 41.7 Å². The molecule has 120 valence electrons. The average Bonchev–Trinajstić information content (AvgIpc) is 2.97. The van der Waals surface area contributed by atoms with Crippen molar-refractivity contribution in [3.8, 4) is 5.82 Å². The Labute approximate surface area is 127 Å². The van der Waals surface area contributed by atoms with Crippen LogP contribution < -0.4 is 5.32 Å². The first kappa shape index (κ1) is 15.0. The van der Waals surface area contributed by atoms with E-state index < -0.39 is 11.7 Å². The maximum atomic E-state index is 12.5. The molecule has 0 radical (unpaired) electrons. The van der Waals surface area contributed by atoms with Crippen LogP contribution in [-0.2, 0) is 6.18 Å². The third kappa shape index (κ3) is 3.29. The Morgan fingerprint density at radius 1 is 1.22 bits per heavy atom. The minimum atomic E-state index is -4.45. The SMILES string of the molecule is ON1CC=NC=C1Nc1ncn(-c2ccc(C(F)(F)F)cn2)n1. The highest BCUT2D eigenvalue weighted by atomic mass is 19.4. The fourth-order valence-electron chi connectivity index (χ4n) is 1.74. The zero-order valence-corrected chi connectivity index (χ0v) is 11.4. The Kier molecular flexibility index (Phi) is 3.70. The topological polar surface area (TPSA) is 91.5 Å². The summed E-state index contributed by atoms with van der Waals surface area (Å²) < 4.78 is 38.7. The van der Waals surface area contributed by atoms with Gasteiger partial charge < -0.3 is 5.32 Å². The molecule has 2 aromatic heterocycles. The average molecular weight is 325 g/mol. The quantitative estimate of drug-likeness (QED) is 0.892. The minimum absolute atomic E-state index is 0.133. The van der Waals surface area contributed by atoms with Gasteiger partial charge in [0.15, 0.2) is 11.6 Å². The van der Waals surface area contributed by atoms with E-state index in [2.05, 4.69) is 25.4 Å². The highest BCUT2D eigenvalue weighted by Gasteiger charge is 2.30. The number of hydrogen-bond acceptors (Lipinski definition) is 7. The summed E-state index contributed by atoms with van der Waals surface area (Å²) in [5.41, 5.74) is -0.846. The largest absolute Gasteiger partial charge is 0.417 e. The van der Waals surface area contributed by atoms with Crippen molar-refractivity contribution >= 4 is 12.2 Å². The van der Waals surface area contributed by atoms with E-state index in [-0.39, 0.29) is 24.1 Å². The van der Waals surface area contributed by atoms with Crippen LogP contribution in [0.5, 0.6) is 0 Å². The third-order valence-corrected chi connectivity index (χ3v) is 2.88.